The fourth-order valence-electron chi connectivity index (χ4n) is 2.62. The lowest BCUT2D eigenvalue weighted by Crippen LogP contribution is -2.57. The molecule has 21 heavy (non-hydrogen) atoms. The highest BCUT2D eigenvalue weighted by Crippen LogP contribution is 2.24. The van der Waals surface area contributed by atoms with E-state index in [0.29, 0.717) is 18.7 Å². The van der Waals surface area contributed by atoms with Crippen LogP contribution < -0.4 is 5.32 Å². The Balaban J connectivity index is 2.37. The molecule has 1 aromatic rings. The maximum absolute atomic E-state index is 13.7. The number of benzene rings is 1. The molecule has 0 bridgehead atoms. The van der Waals surface area contributed by atoms with E-state index in [-0.39, 0.29) is 17.0 Å². The molecule has 0 aliphatic carbocycles. The van der Waals surface area contributed by atoms with E-state index >= 15 is 0 Å². The van der Waals surface area contributed by atoms with Gasteiger partial charge in [-0.05, 0) is 37.5 Å². The molecular formula is C15H23FN2O2S. The first-order valence-electron chi connectivity index (χ1n) is 7.41. The normalized spacial score (nSPS) is 24.2. The van der Waals surface area contributed by atoms with Crippen LogP contribution in [0, 0.1) is 12.7 Å². The molecule has 0 saturated carbocycles. The highest BCUT2D eigenvalue weighted by molar-refractivity contribution is 7.89. The van der Waals surface area contributed by atoms with Crippen molar-refractivity contribution in [2.45, 2.75) is 50.6 Å². The average Bonchev–Trinajstić information content (AvgIpc) is 2.49. The fraction of sp³-hybridized carbons (Fsp3) is 0.600. The van der Waals surface area contributed by atoms with Gasteiger partial charge in [0.05, 0.1) is 4.90 Å². The Hall–Kier alpha value is -0.980. The molecule has 1 heterocycles. The largest absolute Gasteiger partial charge is 0.311 e. The van der Waals surface area contributed by atoms with Crippen LogP contribution in [-0.2, 0) is 10.0 Å². The van der Waals surface area contributed by atoms with Crippen molar-refractivity contribution in [3.05, 3.63) is 29.6 Å². The lowest BCUT2D eigenvalue weighted by atomic mass is 10.1. The van der Waals surface area contributed by atoms with E-state index in [4.69, 9.17) is 0 Å². The molecule has 0 amide bonds. The van der Waals surface area contributed by atoms with Crippen LogP contribution in [0.4, 0.5) is 4.39 Å². The second-order valence-electron chi connectivity index (χ2n) is 5.56. The van der Waals surface area contributed by atoms with Gasteiger partial charge in [-0.2, -0.15) is 4.31 Å². The van der Waals surface area contributed by atoms with Crippen molar-refractivity contribution in [1.29, 1.82) is 0 Å². The van der Waals surface area contributed by atoms with E-state index in [2.05, 4.69) is 5.32 Å². The summed E-state index contributed by atoms with van der Waals surface area (Å²) in [5.41, 5.74) is 0.452. The van der Waals surface area contributed by atoms with Crippen molar-refractivity contribution in [2.75, 3.05) is 13.1 Å². The van der Waals surface area contributed by atoms with Crippen LogP contribution in [0.1, 0.15) is 32.3 Å². The highest BCUT2D eigenvalue weighted by atomic mass is 32.2. The van der Waals surface area contributed by atoms with Gasteiger partial charge in [0, 0.05) is 25.2 Å². The average molecular weight is 314 g/mol. The third-order valence-electron chi connectivity index (χ3n) is 4.16. The van der Waals surface area contributed by atoms with Gasteiger partial charge in [0.1, 0.15) is 5.82 Å². The van der Waals surface area contributed by atoms with Gasteiger partial charge >= 0.3 is 0 Å². The lowest BCUT2D eigenvalue weighted by molar-refractivity contribution is 0.215. The molecule has 0 radical (unpaired) electrons. The van der Waals surface area contributed by atoms with Crippen molar-refractivity contribution in [3.8, 4) is 0 Å². The fourth-order valence-corrected chi connectivity index (χ4v) is 4.38. The van der Waals surface area contributed by atoms with E-state index in [1.807, 2.05) is 13.8 Å². The number of nitrogens with zero attached hydrogens (tertiary/aromatic N) is 1. The summed E-state index contributed by atoms with van der Waals surface area (Å²) in [5.74, 6) is -0.480. The predicted octanol–water partition coefficient (Wildman–Crippen LogP) is 2.29. The summed E-state index contributed by atoms with van der Waals surface area (Å²) in [7, 11) is -3.65. The van der Waals surface area contributed by atoms with Crippen molar-refractivity contribution in [2.24, 2.45) is 0 Å². The minimum Gasteiger partial charge on any atom is -0.311 e. The Morgan fingerprint density at radius 1 is 1.33 bits per heavy atom. The van der Waals surface area contributed by atoms with Gasteiger partial charge in [0.25, 0.3) is 0 Å². The van der Waals surface area contributed by atoms with E-state index in [1.165, 1.54) is 16.4 Å². The Bertz CT molecular complexity index is 604. The second-order valence-corrected chi connectivity index (χ2v) is 7.45. The number of halogens is 1. The molecule has 2 unspecified atom stereocenters. The maximum Gasteiger partial charge on any atom is 0.243 e. The maximum atomic E-state index is 13.7. The zero-order valence-electron chi connectivity index (χ0n) is 12.8. The van der Waals surface area contributed by atoms with Crippen molar-refractivity contribution in [1.82, 2.24) is 9.62 Å². The summed E-state index contributed by atoms with van der Waals surface area (Å²) >= 11 is 0. The molecule has 1 aliphatic rings. The molecule has 1 fully saturated rings. The standard InChI is InChI=1S/C15H23FN2O2S/c1-4-12-10-18(13(5-2)9-17-12)21(19,20)14-7-6-11(3)15(16)8-14/h6-8,12-13,17H,4-5,9-10H2,1-3H3. The quantitative estimate of drug-likeness (QED) is 0.927. The summed E-state index contributed by atoms with van der Waals surface area (Å²) in [6, 6.07) is 4.20. The molecule has 1 aromatic carbocycles. The third kappa shape index (κ3) is 3.27. The van der Waals surface area contributed by atoms with Gasteiger partial charge in [-0.25, -0.2) is 12.8 Å². The third-order valence-corrected chi connectivity index (χ3v) is 6.08. The summed E-state index contributed by atoms with van der Waals surface area (Å²) < 4.78 is 40.9. The van der Waals surface area contributed by atoms with E-state index in [1.54, 1.807) is 6.92 Å². The first-order chi connectivity index (χ1) is 9.90. The zero-order chi connectivity index (χ0) is 15.6. The van der Waals surface area contributed by atoms with Crippen molar-refractivity contribution < 1.29 is 12.8 Å². The molecule has 1 saturated heterocycles. The Labute approximate surface area is 126 Å². The molecular weight excluding hydrogens is 291 g/mol. The van der Waals surface area contributed by atoms with Gasteiger partial charge in [0.2, 0.25) is 10.0 Å². The number of nitrogens with one attached hydrogen (secondary N) is 1. The van der Waals surface area contributed by atoms with Crippen LogP contribution in [0.3, 0.4) is 0 Å². The lowest BCUT2D eigenvalue weighted by Gasteiger charge is -2.38. The smallest absolute Gasteiger partial charge is 0.243 e. The number of hydrogen-bond acceptors (Lipinski definition) is 3. The van der Waals surface area contributed by atoms with E-state index in [0.717, 1.165) is 18.9 Å². The summed E-state index contributed by atoms with van der Waals surface area (Å²) in [5, 5.41) is 3.36. The van der Waals surface area contributed by atoms with Gasteiger partial charge in [0.15, 0.2) is 0 Å². The second kappa shape index (κ2) is 6.42. The summed E-state index contributed by atoms with van der Waals surface area (Å²) in [6.07, 6.45) is 1.60. The Morgan fingerprint density at radius 3 is 2.62 bits per heavy atom. The van der Waals surface area contributed by atoms with Crippen LogP contribution in [-0.4, -0.2) is 37.9 Å². The first-order valence-corrected chi connectivity index (χ1v) is 8.85. The highest BCUT2D eigenvalue weighted by Gasteiger charge is 2.35. The monoisotopic (exact) mass is 314 g/mol. The Morgan fingerprint density at radius 2 is 2.05 bits per heavy atom. The van der Waals surface area contributed by atoms with E-state index in [9.17, 15) is 12.8 Å². The van der Waals surface area contributed by atoms with Crippen LogP contribution >= 0.6 is 0 Å². The van der Waals surface area contributed by atoms with E-state index < -0.39 is 15.8 Å². The van der Waals surface area contributed by atoms with Gasteiger partial charge < -0.3 is 5.32 Å². The molecule has 0 spiro atoms. The summed E-state index contributed by atoms with van der Waals surface area (Å²) in [4.78, 5) is 0.0424. The topological polar surface area (TPSA) is 49.4 Å². The van der Waals surface area contributed by atoms with Crippen molar-refractivity contribution >= 4 is 10.0 Å². The van der Waals surface area contributed by atoms with Gasteiger partial charge in [-0.1, -0.05) is 19.9 Å². The first kappa shape index (κ1) is 16.4. The minimum absolute atomic E-state index is 0.0424. The molecule has 0 aromatic heterocycles. The number of piperazine rings is 1. The van der Waals surface area contributed by atoms with Gasteiger partial charge in [-0.15, -0.1) is 0 Å². The van der Waals surface area contributed by atoms with Crippen LogP contribution in [0.2, 0.25) is 0 Å². The number of hydrogen-bond donors (Lipinski definition) is 1. The number of sulfonamides is 1. The molecule has 6 heteroatoms. The van der Waals surface area contributed by atoms with Crippen LogP contribution in [0.5, 0.6) is 0 Å². The molecule has 1 aliphatic heterocycles. The molecule has 2 atom stereocenters. The zero-order valence-corrected chi connectivity index (χ0v) is 13.6. The minimum atomic E-state index is -3.65. The van der Waals surface area contributed by atoms with Gasteiger partial charge in [-0.3, -0.25) is 0 Å². The number of rotatable bonds is 4. The summed E-state index contributed by atoms with van der Waals surface area (Å²) in [6.45, 7) is 6.70. The molecule has 118 valence electrons. The molecule has 2 rings (SSSR count). The molecule has 4 nitrogen and oxygen atoms in total. The van der Waals surface area contributed by atoms with Crippen LogP contribution in [0.25, 0.3) is 0 Å². The predicted molar refractivity (Wildman–Crippen MR) is 81.2 cm³/mol. The SMILES string of the molecule is CCC1CN(S(=O)(=O)c2ccc(C)c(F)c2)C(CC)CN1. The van der Waals surface area contributed by atoms with Crippen LogP contribution in [0.15, 0.2) is 23.1 Å². The number of aryl methyl sites for hydroxylation is 1. The van der Waals surface area contributed by atoms with Crippen molar-refractivity contribution in [3.63, 3.8) is 0 Å². The Kier molecular flexibility index (Phi) is 5.01. The molecule has 1 N–H and O–H groups in total.